The molecule has 0 aromatic rings. The maximum Gasteiger partial charge on any atom is 0.472 e. The molecule has 2 saturated heterocycles. The van der Waals surface area contributed by atoms with Gasteiger partial charge in [-0.2, -0.15) is 0 Å². The Balaban J connectivity index is 1.91. The molecule has 1 aliphatic carbocycles. The second-order valence-electron chi connectivity index (χ2n) is 33.5. The van der Waals surface area contributed by atoms with Crippen molar-refractivity contribution in [1.29, 1.82) is 0 Å². The molecule has 2 aliphatic heterocycles. The van der Waals surface area contributed by atoms with Crippen LogP contribution in [-0.2, 0) is 70.7 Å². The van der Waals surface area contributed by atoms with E-state index in [1.807, 2.05) is 0 Å². The SMILES string of the molecule is CCCCCCCC/C=C\CCCCCC(=O)OC(COC(=O)CCCCCCCCCCCCCCC)COP(=O)(O)OC1C(OC2OC(CO)C(O)C(O)C2O)C(O)C(O)C(OC(=O)CCCCCCCCCCCCCCCCC)C1OC1OC(COC(=O)CCCCCCCCCCCCCCCCCC)C(O)C(O)C1O. The maximum atomic E-state index is 14.9. The molecule has 3 rings (SSSR count). The molecular weight excluding hydrogens is 1510 g/mol. The zero-order valence-electron chi connectivity index (χ0n) is 72.6. The Hall–Kier alpha value is -2.79. The Morgan fingerprint density at radius 3 is 1.03 bits per heavy atom. The van der Waals surface area contributed by atoms with Crippen molar-refractivity contribution >= 4 is 31.7 Å². The Morgan fingerprint density at radius 1 is 0.336 bits per heavy atom. The van der Waals surface area contributed by atoms with Crippen LogP contribution in [0, 0.1) is 0 Å². The number of aliphatic hydroxyl groups excluding tert-OH is 9. The summed E-state index contributed by atoms with van der Waals surface area (Å²) in [7, 11) is -5.81. The number of carbonyl (C=O) groups is 4. The summed E-state index contributed by atoms with van der Waals surface area (Å²) in [5, 5.41) is 102. The molecule has 3 aliphatic rings. The molecule has 26 heteroatoms. The molecule has 25 nitrogen and oxygen atoms in total. The number of phosphoric ester groups is 1. The number of rotatable bonds is 76. The normalized spacial score (nSPS) is 25.2. The van der Waals surface area contributed by atoms with E-state index in [4.69, 9.17) is 46.9 Å². The molecule has 0 aromatic carbocycles. The van der Waals surface area contributed by atoms with Crippen molar-refractivity contribution in [3.05, 3.63) is 12.2 Å². The van der Waals surface area contributed by atoms with Gasteiger partial charge in [0.05, 0.1) is 13.2 Å². The topological polar surface area (TPSA) is 380 Å². The average molecular weight is 1680 g/mol. The molecule has 0 aromatic heterocycles. The van der Waals surface area contributed by atoms with E-state index in [2.05, 4.69) is 39.8 Å². The summed E-state index contributed by atoms with van der Waals surface area (Å²) in [6, 6.07) is 0. The van der Waals surface area contributed by atoms with Crippen LogP contribution in [0.4, 0.5) is 0 Å². The van der Waals surface area contributed by atoms with Gasteiger partial charge in [0.1, 0.15) is 92.6 Å². The predicted octanol–water partition coefficient (Wildman–Crippen LogP) is 17.2. The summed E-state index contributed by atoms with van der Waals surface area (Å²) < 4.78 is 73.4. The van der Waals surface area contributed by atoms with E-state index in [0.717, 1.165) is 122 Å². The highest BCUT2D eigenvalue weighted by Gasteiger charge is 2.60. The highest BCUT2D eigenvalue weighted by Crippen LogP contribution is 2.49. The van der Waals surface area contributed by atoms with E-state index in [0.29, 0.717) is 38.5 Å². The lowest BCUT2D eigenvalue weighted by atomic mass is 9.84. The summed E-state index contributed by atoms with van der Waals surface area (Å²) in [6.07, 6.45) is 27.8. The van der Waals surface area contributed by atoms with Gasteiger partial charge in [0.25, 0.3) is 0 Å². The van der Waals surface area contributed by atoms with Crippen LogP contribution >= 0.6 is 7.82 Å². The van der Waals surface area contributed by atoms with Gasteiger partial charge in [-0.3, -0.25) is 28.2 Å². The first-order valence-electron chi connectivity index (χ1n) is 46.9. The molecule has 116 heavy (non-hydrogen) atoms. The molecule has 0 spiro atoms. The molecular formula is C90H167O25P. The van der Waals surface area contributed by atoms with Crippen LogP contribution < -0.4 is 0 Å². The summed E-state index contributed by atoms with van der Waals surface area (Å²) in [5.74, 6) is -2.97. The van der Waals surface area contributed by atoms with Crippen molar-refractivity contribution in [3.8, 4) is 0 Å². The number of allylic oxidation sites excluding steroid dienone is 2. The molecule has 1 saturated carbocycles. The number of hydrogen-bond acceptors (Lipinski definition) is 24. The van der Waals surface area contributed by atoms with E-state index in [1.54, 1.807) is 0 Å². The fourth-order valence-corrected chi connectivity index (χ4v) is 16.5. The van der Waals surface area contributed by atoms with Crippen LogP contribution in [-0.4, -0.2) is 205 Å². The number of carbonyl (C=O) groups excluding carboxylic acids is 4. The van der Waals surface area contributed by atoms with Gasteiger partial charge in [0, 0.05) is 25.7 Å². The number of hydrogen-bond donors (Lipinski definition) is 10. The van der Waals surface area contributed by atoms with E-state index in [9.17, 15) is 74.6 Å². The Labute approximate surface area is 699 Å². The van der Waals surface area contributed by atoms with Gasteiger partial charge in [-0.05, 0) is 51.4 Å². The van der Waals surface area contributed by atoms with Gasteiger partial charge in [0.2, 0.25) is 0 Å². The van der Waals surface area contributed by atoms with Gasteiger partial charge in [0.15, 0.2) is 24.8 Å². The monoisotopic (exact) mass is 1680 g/mol. The van der Waals surface area contributed by atoms with Gasteiger partial charge in [-0.25, -0.2) is 4.57 Å². The zero-order valence-corrected chi connectivity index (χ0v) is 73.5. The number of unbranched alkanes of at least 4 members (excludes halogenated alkanes) is 50. The Bertz CT molecular complexity index is 2460. The number of esters is 4. The second kappa shape index (κ2) is 69.6. The van der Waals surface area contributed by atoms with E-state index in [1.165, 1.54) is 193 Å². The summed E-state index contributed by atoms with van der Waals surface area (Å²) >= 11 is 0. The van der Waals surface area contributed by atoms with Crippen molar-refractivity contribution in [2.75, 3.05) is 26.4 Å². The van der Waals surface area contributed by atoms with Crippen molar-refractivity contribution in [1.82, 2.24) is 0 Å². The second-order valence-corrected chi connectivity index (χ2v) is 34.9. The maximum absolute atomic E-state index is 14.9. The molecule has 0 bridgehead atoms. The lowest BCUT2D eigenvalue weighted by Crippen LogP contribution is -2.70. The minimum atomic E-state index is -5.81. The minimum absolute atomic E-state index is 0.0186. The molecule has 682 valence electrons. The fourth-order valence-electron chi connectivity index (χ4n) is 15.5. The van der Waals surface area contributed by atoms with E-state index in [-0.39, 0.29) is 25.7 Å². The molecule has 0 radical (unpaired) electrons. The summed E-state index contributed by atoms with van der Waals surface area (Å²) in [4.78, 5) is 66.4. The van der Waals surface area contributed by atoms with Crippen LogP contribution in [0.3, 0.4) is 0 Å². The quantitative estimate of drug-likeness (QED) is 0.00889. The lowest BCUT2D eigenvalue weighted by Gasteiger charge is -2.50. The van der Waals surface area contributed by atoms with Crippen LogP contribution in [0.1, 0.15) is 407 Å². The molecule has 10 N–H and O–H groups in total. The van der Waals surface area contributed by atoms with Crippen molar-refractivity contribution < 1.29 is 122 Å². The van der Waals surface area contributed by atoms with Crippen LogP contribution in [0.2, 0.25) is 0 Å². The van der Waals surface area contributed by atoms with Crippen molar-refractivity contribution in [2.45, 2.75) is 511 Å². The highest BCUT2D eigenvalue weighted by molar-refractivity contribution is 7.47. The third kappa shape index (κ3) is 49.5. The van der Waals surface area contributed by atoms with Crippen molar-refractivity contribution in [3.63, 3.8) is 0 Å². The average Bonchev–Trinajstić information content (AvgIpc) is 0.754. The van der Waals surface area contributed by atoms with Gasteiger partial charge in [-0.1, -0.05) is 342 Å². The largest absolute Gasteiger partial charge is 0.472 e. The first kappa shape index (κ1) is 107. The smallest absolute Gasteiger partial charge is 0.463 e. The van der Waals surface area contributed by atoms with Gasteiger partial charge < -0.3 is 88.7 Å². The minimum Gasteiger partial charge on any atom is -0.463 e. The summed E-state index contributed by atoms with van der Waals surface area (Å²) in [5.41, 5.74) is 0. The molecule has 18 atom stereocenters. The van der Waals surface area contributed by atoms with Crippen molar-refractivity contribution in [2.24, 2.45) is 0 Å². The number of ether oxygens (including phenoxy) is 8. The third-order valence-corrected chi connectivity index (χ3v) is 24.0. The molecule has 3 fully saturated rings. The molecule has 18 unspecified atom stereocenters. The van der Waals surface area contributed by atoms with Crippen LogP contribution in [0.25, 0.3) is 0 Å². The first-order valence-corrected chi connectivity index (χ1v) is 48.4. The molecule has 0 amide bonds. The standard InChI is InChI=1S/C90H167O25P/c1-5-9-13-17-21-25-29-33-35-37-40-43-47-51-55-59-63-74(93)107-69-72-78(97)80(99)84(103)90(111-72)114-87-85(112-76(95)65-61-57-53-49-45-41-36-34-30-26-22-18-14-10-6-2)81(100)82(101)86(113-89-83(102)79(98)77(96)71(66-91)110-89)88(87)115-116(104,105)108-68-70(109-75(94)64-60-56-52-48-44-39-32-28-24-20-16-12-8-4)67-106-73(92)62-58-54-50-46-42-38-31-27-23-19-15-11-7-3/h39,44,70-72,77-91,96-103H,5-38,40-43,45-69H2,1-4H3,(H,104,105)/b44-39-. The first-order chi connectivity index (χ1) is 56.2. The number of aliphatic hydroxyl groups is 9. The van der Waals surface area contributed by atoms with Crippen LogP contribution in [0.15, 0.2) is 12.2 Å². The van der Waals surface area contributed by atoms with E-state index >= 15 is 0 Å². The Kier molecular flexibility index (Phi) is 64.4. The summed E-state index contributed by atoms with van der Waals surface area (Å²) in [6.45, 7) is 5.59. The number of phosphoric acid groups is 1. The lowest BCUT2D eigenvalue weighted by molar-refractivity contribution is -0.360. The van der Waals surface area contributed by atoms with Crippen LogP contribution in [0.5, 0.6) is 0 Å². The predicted molar refractivity (Wildman–Crippen MR) is 449 cm³/mol. The Morgan fingerprint density at radius 2 is 0.647 bits per heavy atom. The third-order valence-electron chi connectivity index (χ3n) is 23.0. The zero-order chi connectivity index (χ0) is 84.7. The fraction of sp³-hybridized carbons (Fsp3) is 0.933. The van der Waals surface area contributed by atoms with E-state index < -0.39 is 162 Å². The van der Waals surface area contributed by atoms with Gasteiger partial charge in [-0.15, -0.1) is 0 Å². The van der Waals surface area contributed by atoms with Gasteiger partial charge >= 0.3 is 31.7 Å². The highest BCUT2D eigenvalue weighted by atomic mass is 31.2. The molecule has 2 heterocycles.